The maximum atomic E-state index is 11.2. The van der Waals surface area contributed by atoms with Crippen LogP contribution in [0.5, 0.6) is 0 Å². The summed E-state index contributed by atoms with van der Waals surface area (Å²) in [4.78, 5) is 17.3. The second-order valence-electron chi connectivity index (χ2n) is 4.93. The number of nitrogens with zero attached hydrogens (tertiary/aromatic N) is 2. The molecule has 0 atom stereocenters. The van der Waals surface area contributed by atoms with E-state index in [1.807, 2.05) is 11.9 Å². The zero-order valence-electron chi connectivity index (χ0n) is 11.1. The number of nitrogens with two attached hydrogens (primary N) is 2. The number of likely N-dealkylation sites (N-methyl/N-ethyl adjacent to an activating group) is 1. The van der Waals surface area contributed by atoms with Crippen LogP contribution in [0.25, 0.3) is 0 Å². The smallest absolute Gasteiger partial charge is 0.250 e. The van der Waals surface area contributed by atoms with Crippen LogP contribution in [0.2, 0.25) is 0 Å². The lowest BCUT2D eigenvalue weighted by molar-refractivity contribution is 0.100. The standard InChI is InChI=1S/C13H20N4O2/c1-17(4-5-19-8-9-2-3-9)12-6-10(13(15)18)11(14)7-16-12/h6-7,9H,2-5,8,14H2,1H3,(H2,15,18). The average Bonchev–Trinajstić information content (AvgIpc) is 3.18. The van der Waals surface area contributed by atoms with Crippen LogP contribution in [-0.2, 0) is 4.74 Å². The fraction of sp³-hybridized carbons (Fsp3) is 0.538. The Morgan fingerprint density at radius 2 is 2.32 bits per heavy atom. The minimum atomic E-state index is -0.542. The van der Waals surface area contributed by atoms with Crippen molar-refractivity contribution in [3.05, 3.63) is 17.8 Å². The molecule has 2 rings (SSSR count). The SMILES string of the molecule is CN(CCOCC1CC1)c1cc(C(N)=O)c(N)cn1. The minimum Gasteiger partial charge on any atom is -0.397 e. The molecule has 1 aliphatic carbocycles. The Kier molecular flexibility index (Phi) is 4.21. The highest BCUT2D eigenvalue weighted by molar-refractivity contribution is 5.98. The van der Waals surface area contributed by atoms with E-state index in [0.29, 0.717) is 30.2 Å². The maximum absolute atomic E-state index is 11.2. The van der Waals surface area contributed by atoms with Crippen LogP contribution >= 0.6 is 0 Å². The van der Waals surface area contributed by atoms with Gasteiger partial charge in [0.15, 0.2) is 0 Å². The van der Waals surface area contributed by atoms with E-state index >= 15 is 0 Å². The van der Waals surface area contributed by atoms with E-state index in [1.54, 1.807) is 6.07 Å². The third-order valence-electron chi connectivity index (χ3n) is 3.20. The minimum absolute atomic E-state index is 0.301. The summed E-state index contributed by atoms with van der Waals surface area (Å²) in [5.74, 6) is 0.888. The van der Waals surface area contributed by atoms with E-state index in [9.17, 15) is 4.79 Å². The normalized spacial score (nSPS) is 14.4. The van der Waals surface area contributed by atoms with E-state index in [1.165, 1.54) is 19.0 Å². The van der Waals surface area contributed by atoms with Gasteiger partial charge in [0, 0.05) is 20.2 Å². The third-order valence-corrected chi connectivity index (χ3v) is 3.20. The lowest BCUT2D eigenvalue weighted by atomic mass is 10.2. The third kappa shape index (κ3) is 3.82. The maximum Gasteiger partial charge on any atom is 0.250 e. The van der Waals surface area contributed by atoms with Gasteiger partial charge in [0.2, 0.25) is 0 Å². The van der Waals surface area contributed by atoms with Crippen LogP contribution < -0.4 is 16.4 Å². The van der Waals surface area contributed by atoms with Crippen LogP contribution in [0.3, 0.4) is 0 Å². The van der Waals surface area contributed by atoms with Gasteiger partial charge in [0.1, 0.15) is 5.82 Å². The number of hydrogen-bond donors (Lipinski definition) is 2. The second-order valence-corrected chi connectivity index (χ2v) is 4.93. The van der Waals surface area contributed by atoms with Crippen molar-refractivity contribution in [3.8, 4) is 0 Å². The average molecular weight is 264 g/mol. The molecule has 0 aromatic carbocycles. The lowest BCUT2D eigenvalue weighted by Gasteiger charge is -2.19. The number of rotatable bonds is 7. The van der Waals surface area contributed by atoms with Crippen molar-refractivity contribution in [1.29, 1.82) is 0 Å². The number of primary amides is 1. The van der Waals surface area contributed by atoms with E-state index in [2.05, 4.69) is 4.98 Å². The molecular formula is C13H20N4O2. The van der Waals surface area contributed by atoms with Gasteiger partial charge in [-0.2, -0.15) is 0 Å². The van der Waals surface area contributed by atoms with Crippen LogP contribution in [0.1, 0.15) is 23.2 Å². The van der Waals surface area contributed by atoms with Crippen molar-refractivity contribution >= 4 is 17.4 Å². The first-order valence-electron chi connectivity index (χ1n) is 6.42. The molecule has 19 heavy (non-hydrogen) atoms. The topological polar surface area (TPSA) is 94.5 Å². The summed E-state index contributed by atoms with van der Waals surface area (Å²) in [7, 11) is 1.89. The highest BCUT2D eigenvalue weighted by Gasteiger charge is 2.21. The molecule has 0 radical (unpaired) electrons. The number of hydrogen-bond acceptors (Lipinski definition) is 5. The predicted molar refractivity (Wildman–Crippen MR) is 74.0 cm³/mol. The molecular weight excluding hydrogens is 244 g/mol. The van der Waals surface area contributed by atoms with Gasteiger partial charge in [-0.05, 0) is 24.8 Å². The molecule has 1 aliphatic rings. The summed E-state index contributed by atoms with van der Waals surface area (Å²) in [6.07, 6.45) is 4.03. The monoisotopic (exact) mass is 264 g/mol. The van der Waals surface area contributed by atoms with Gasteiger partial charge in [-0.25, -0.2) is 4.98 Å². The summed E-state index contributed by atoms with van der Waals surface area (Å²) < 4.78 is 5.57. The number of amides is 1. The molecule has 1 amide bonds. The van der Waals surface area contributed by atoms with Crippen molar-refractivity contribution < 1.29 is 9.53 Å². The van der Waals surface area contributed by atoms with Gasteiger partial charge < -0.3 is 21.1 Å². The van der Waals surface area contributed by atoms with Gasteiger partial charge in [-0.1, -0.05) is 0 Å². The number of anilines is 2. The molecule has 0 saturated heterocycles. The van der Waals surface area contributed by atoms with Crippen LogP contribution in [0.4, 0.5) is 11.5 Å². The molecule has 1 heterocycles. The fourth-order valence-corrected chi connectivity index (χ4v) is 1.73. The number of pyridine rings is 1. The fourth-order valence-electron chi connectivity index (χ4n) is 1.73. The summed E-state index contributed by atoms with van der Waals surface area (Å²) >= 11 is 0. The van der Waals surface area contributed by atoms with Crippen LogP contribution in [0, 0.1) is 5.92 Å². The summed E-state index contributed by atoms with van der Waals surface area (Å²) in [6, 6.07) is 1.61. The van der Waals surface area contributed by atoms with E-state index in [-0.39, 0.29) is 0 Å². The van der Waals surface area contributed by atoms with E-state index < -0.39 is 5.91 Å². The molecule has 0 bridgehead atoms. The molecule has 1 aromatic rings. The van der Waals surface area contributed by atoms with Crippen LogP contribution in [0.15, 0.2) is 12.3 Å². The van der Waals surface area contributed by atoms with Crippen molar-refractivity contribution in [2.75, 3.05) is 37.4 Å². The number of carbonyl (C=O) groups excluding carboxylic acids is 1. The Morgan fingerprint density at radius 3 is 2.95 bits per heavy atom. The molecule has 1 aromatic heterocycles. The summed E-state index contributed by atoms with van der Waals surface area (Å²) in [5.41, 5.74) is 11.5. The molecule has 6 heteroatoms. The first kappa shape index (κ1) is 13.6. The van der Waals surface area contributed by atoms with Crippen LogP contribution in [-0.4, -0.2) is 37.7 Å². The van der Waals surface area contributed by atoms with E-state index in [0.717, 1.165) is 12.5 Å². The molecule has 6 nitrogen and oxygen atoms in total. The summed E-state index contributed by atoms with van der Waals surface area (Å²) in [5, 5.41) is 0. The van der Waals surface area contributed by atoms with Gasteiger partial charge in [-0.15, -0.1) is 0 Å². The molecule has 104 valence electrons. The molecule has 0 unspecified atom stereocenters. The molecule has 1 saturated carbocycles. The van der Waals surface area contributed by atoms with Gasteiger partial charge in [0.25, 0.3) is 5.91 Å². The number of carbonyl (C=O) groups is 1. The Hall–Kier alpha value is -1.82. The summed E-state index contributed by atoms with van der Waals surface area (Å²) in [6.45, 7) is 2.20. The molecule has 0 aliphatic heterocycles. The van der Waals surface area contributed by atoms with E-state index in [4.69, 9.17) is 16.2 Å². The molecule has 1 fully saturated rings. The molecule has 0 spiro atoms. The number of nitrogen functional groups attached to an aromatic ring is 1. The zero-order valence-corrected chi connectivity index (χ0v) is 11.1. The highest BCUT2D eigenvalue weighted by Crippen LogP contribution is 2.28. The van der Waals surface area contributed by atoms with Crippen molar-refractivity contribution in [1.82, 2.24) is 4.98 Å². The van der Waals surface area contributed by atoms with Gasteiger partial charge >= 0.3 is 0 Å². The Balaban J connectivity index is 1.88. The van der Waals surface area contributed by atoms with Gasteiger partial charge in [-0.3, -0.25) is 4.79 Å². The largest absolute Gasteiger partial charge is 0.397 e. The Labute approximate surface area is 112 Å². The first-order valence-corrected chi connectivity index (χ1v) is 6.42. The first-order chi connectivity index (χ1) is 9.08. The number of ether oxygens (including phenoxy) is 1. The van der Waals surface area contributed by atoms with Crippen molar-refractivity contribution in [3.63, 3.8) is 0 Å². The van der Waals surface area contributed by atoms with Crippen molar-refractivity contribution in [2.45, 2.75) is 12.8 Å². The molecule has 4 N–H and O–H groups in total. The predicted octanol–water partition coefficient (Wildman–Crippen LogP) is 0.626. The zero-order chi connectivity index (χ0) is 13.8. The number of aromatic nitrogens is 1. The van der Waals surface area contributed by atoms with Crippen molar-refractivity contribution in [2.24, 2.45) is 11.7 Å². The van der Waals surface area contributed by atoms with Gasteiger partial charge in [0.05, 0.1) is 24.1 Å². The lowest BCUT2D eigenvalue weighted by Crippen LogP contribution is -2.25. The second kappa shape index (κ2) is 5.88. The highest BCUT2D eigenvalue weighted by atomic mass is 16.5. The Morgan fingerprint density at radius 1 is 1.58 bits per heavy atom. The Bertz CT molecular complexity index is 460. The quantitative estimate of drug-likeness (QED) is 0.704.